The second-order valence-corrected chi connectivity index (χ2v) is 10.3. The van der Waals surface area contributed by atoms with E-state index in [0.29, 0.717) is 16.9 Å². The van der Waals surface area contributed by atoms with Crippen molar-refractivity contribution in [3.05, 3.63) is 102 Å². The lowest BCUT2D eigenvalue weighted by molar-refractivity contribution is -0.119. The zero-order valence-corrected chi connectivity index (χ0v) is 18.2. The molecule has 1 saturated carbocycles. The minimum Gasteiger partial charge on any atom is -0.299 e. The third kappa shape index (κ3) is 4.32. The Morgan fingerprint density at radius 3 is 2.47 bits per heavy atom. The van der Waals surface area contributed by atoms with Crippen LogP contribution in [-0.4, -0.2) is 24.2 Å². The Morgan fingerprint density at radius 2 is 1.69 bits per heavy atom. The van der Waals surface area contributed by atoms with Crippen LogP contribution in [0.2, 0.25) is 0 Å². The molecule has 1 aliphatic rings. The molecule has 2 atom stereocenters. The lowest BCUT2D eigenvalue weighted by Crippen LogP contribution is -2.07. The molecule has 2 heterocycles. The van der Waals surface area contributed by atoms with Gasteiger partial charge < -0.3 is 0 Å². The SMILES string of the molecule is O=C(Cc1ccc2cnccc2c1)[C@@H]1CC1c1ccc(S(=O)(=O)Cc2cccnc2)cc1. The van der Waals surface area contributed by atoms with Gasteiger partial charge in [0.15, 0.2) is 9.84 Å². The third-order valence-corrected chi connectivity index (χ3v) is 7.74. The number of hydrogen-bond donors (Lipinski definition) is 0. The second-order valence-electron chi connectivity index (χ2n) is 8.34. The molecule has 0 saturated heterocycles. The van der Waals surface area contributed by atoms with Gasteiger partial charge in [-0.3, -0.25) is 14.8 Å². The maximum absolute atomic E-state index is 12.8. The summed E-state index contributed by atoms with van der Waals surface area (Å²) in [5.74, 6) is 0.326. The van der Waals surface area contributed by atoms with Gasteiger partial charge in [0, 0.05) is 42.5 Å². The van der Waals surface area contributed by atoms with Crippen LogP contribution in [0.5, 0.6) is 0 Å². The van der Waals surface area contributed by atoms with Crippen molar-refractivity contribution in [2.75, 3.05) is 0 Å². The van der Waals surface area contributed by atoms with Gasteiger partial charge in [0.25, 0.3) is 0 Å². The van der Waals surface area contributed by atoms with Crippen molar-refractivity contribution in [1.29, 1.82) is 0 Å². The van der Waals surface area contributed by atoms with E-state index >= 15 is 0 Å². The van der Waals surface area contributed by atoms with Crippen molar-refractivity contribution >= 4 is 26.4 Å². The Kier molecular flexibility index (Phi) is 5.31. The van der Waals surface area contributed by atoms with Gasteiger partial charge in [-0.05, 0) is 58.7 Å². The monoisotopic (exact) mass is 442 g/mol. The van der Waals surface area contributed by atoms with Gasteiger partial charge in [0.05, 0.1) is 10.6 Å². The predicted octanol–water partition coefficient (Wildman–Crippen LogP) is 4.52. The standard InChI is InChI=1S/C26H22N2O3S/c29-26(13-18-3-4-22-16-28-11-9-21(22)12-18)25-14-24(25)20-5-7-23(8-6-20)32(30,31)17-19-2-1-10-27-15-19/h1-12,15-16,24-25H,13-14,17H2/t24?,25-/m1/s1. The van der Waals surface area contributed by atoms with Crippen molar-refractivity contribution in [1.82, 2.24) is 9.97 Å². The largest absolute Gasteiger partial charge is 0.299 e. The summed E-state index contributed by atoms with van der Waals surface area (Å²) in [6.07, 6.45) is 7.99. The van der Waals surface area contributed by atoms with Crippen LogP contribution in [0.15, 0.2) is 90.3 Å². The van der Waals surface area contributed by atoms with Crippen LogP contribution in [0.25, 0.3) is 10.8 Å². The average molecular weight is 443 g/mol. The van der Waals surface area contributed by atoms with E-state index in [0.717, 1.165) is 28.3 Å². The average Bonchev–Trinajstić information content (AvgIpc) is 3.61. The number of rotatable bonds is 7. The molecule has 4 aromatic rings. The highest BCUT2D eigenvalue weighted by Gasteiger charge is 2.43. The quantitative estimate of drug-likeness (QED) is 0.421. The Labute approximate surface area is 187 Å². The summed E-state index contributed by atoms with van der Waals surface area (Å²) >= 11 is 0. The Morgan fingerprint density at radius 1 is 0.875 bits per heavy atom. The molecule has 2 aromatic carbocycles. The van der Waals surface area contributed by atoms with Gasteiger partial charge in [-0.15, -0.1) is 0 Å². The molecular formula is C26H22N2O3S. The molecule has 5 rings (SSSR count). The number of hydrogen-bond acceptors (Lipinski definition) is 5. The number of benzene rings is 2. The van der Waals surface area contributed by atoms with E-state index in [2.05, 4.69) is 9.97 Å². The van der Waals surface area contributed by atoms with E-state index in [4.69, 9.17) is 0 Å². The molecule has 5 nitrogen and oxygen atoms in total. The van der Waals surface area contributed by atoms with Crippen LogP contribution in [-0.2, 0) is 26.8 Å². The van der Waals surface area contributed by atoms with E-state index in [9.17, 15) is 13.2 Å². The number of aromatic nitrogens is 2. The lowest BCUT2D eigenvalue weighted by Gasteiger charge is -2.07. The smallest absolute Gasteiger partial charge is 0.182 e. The first kappa shape index (κ1) is 20.5. The number of ketones is 1. The summed E-state index contributed by atoms with van der Waals surface area (Å²) in [5, 5.41) is 2.15. The van der Waals surface area contributed by atoms with Crippen LogP contribution in [0.1, 0.15) is 29.0 Å². The molecule has 0 bridgehead atoms. The first-order valence-corrected chi connectivity index (χ1v) is 12.2. The number of Topliss-reactive ketones (excluding diaryl/α,β-unsaturated/α-hetero) is 1. The highest BCUT2D eigenvalue weighted by Crippen LogP contribution is 2.48. The number of pyridine rings is 2. The minimum absolute atomic E-state index is 0.000914. The van der Waals surface area contributed by atoms with Gasteiger partial charge in [0.1, 0.15) is 5.78 Å². The molecule has 32 heavy (non-hydrogen) atoms. The molecule has 1 fully saturated rings. The summed E-state index contributed by atoms with van der Waals surface area (Å²) in [6, 6.07) is 18.5. The van der Waals surface area contributed by atoms with Gasteiger partial charge in [-0.2, -0.15) is 0 Å². The van der Waals surface area contributed by atoms with Crippen LogP contribution in [0.3, 0.4) is 0 Å². The number of carbonyl (C=O) groups is 1. The maximum Gasteiger partial charge on any atom is 0.182 e. The van der Waals surface area contributed by atoms with Crippen LogP contribution < -0.4 is 0 Å². The first-order valence-electron chi connectivity index (χ1n) is 10.6. The molecule has 0 radical (unpaired) electrons. The molecular weight excluding hydrogens is 420 g/mol. The van der Waals surface area contributed by atoms with E-state index in [1.54, 1.807) is 42.9 Å². The number of fused-ring (bicyclic) bond motifs is 1. The highest BCUT2D eigenvalue weighted by atomic mass is 32.2. The van der Waals surface area contributed by atoms with Crippen molar-refractivity contribution in [3.8, 4) is 0 Å². The fourth-order valence-electron chi connectivity index (χ4n) is 4.20. The van der Waals surface area contributed by atoms with Crippen LogP contribution in [0, 0.1) is 5.92 Å². The first-order chi connectivity index (χ1) is 15.5. The Hall–Kier alpha value is -3.38. The summed E-state index contributed by atoms with van der Waals surface area (Å²) in [4.78, 5) is 21.2. The molecule has 0 amide bonds. The van der Waals surface area contributed by atoms with Gasteiger partial charge in [-0.1, -0.05) is 36.4 Å². The molecule has 0 spiro atoms. The summed E-state index contributed by atoms with van der Waals surface area (Å²) in [6.45, 7) is 0. The predicted molar refractivity (Wildman–Crippen MR) is 123 cm³/mol. The Bertz CT molecular complexity index is 1380. The van der Waals surface area contributed by atoms with Crippen molar-refractivity contribution < 1.29 is 13.2 Å². The van der Waals surface area contributed by atoms with Gasteiger partial charge >= 0.3 is 0 Å². The van der Waals surface area contributed by atoms with Gasteiger partial charge in [0.2, 0.25) is 0 Å². The number of sulfone groups is 1. The van der Waals surface area contributed by atoms with E-state index in [1.807, 2.05) is 42.6 Å². The zero-order valence-electron chi connectivity index (χ0n) is 17.4. The van der Waals surface area contributed by atoms with E-state index in [1.165, 1.54) is 0 Å². The Balaban J connectivity index is 1.24. The fraction of sp³-hybridized carbons (Fsp3) is 0.192. The van der Waals surface area contributed by atoms with Crippen LogP contribution >= 0.6 is 0 Å². The van der Waals surface area contributed by atoms with E-state index in [-0.39, 0.29) is 23.4 Å². The molecule has 1 unspecified atom stereocenters. The van der Waals surface area contributed by atoms with Crippen molar-refractivity contribution in [2.24, 2.45) is 5.92 Å². The third-order valence-electron chi connectivity index (χ3n) is 6.03. The van der Waals surface area contributed by atoms with Crippen molar-refractivity contribution in [3.63, 3.8) is 0 Å². The zero-order chi connectivity index (χ0) is 22.1. The number of nitrogens with zero attached hydrogens (tertiary/aromatic N) is 2. The molecule has 6 heteroatoms. The fourth-order valence-corrected chi connectivity index (χ4v) is 5.53. The molecule has 1 aliphatic carbocycles. The summed E-state index contributed by atoms with van der Waals surface area (Å²) < 4.78 is 25.4. The second kappa shape index (κ2) is 8.28. The highest BCUT2D eigenvalue weighted by molar-refractivity contribution is 7.90. The molecule has 160 valence electrons. The van der Waals surface area contributed by atoms with E-state index < -0.39 is 9.84 Å². The summed E-state index contributed by atoms with van der Waals surface area (Å²) in [5.41, 5.74) is 2.69. The molecule has 0 aliphatic heterocycles. The maximum atomic E-state index is 12.8. The molecule has 2 aromatic heterocycles. The van der Waals surface area contributed by atoms with Crippen molar-refractivity contribution in [2.45, 2.75) is 29.4 Å². The topological polar surface area (TPSA) is 77.0 Å². The molecule has 0 N–H and O–H groups in total. The van der Waals surface area contributed by atoms with Crippen LogP contribution in [0.4, 0.5) is 0 Å². The minimum atomic E-state index is -3.44. The normalized spacial score (nSPS) is 17.9. The lowest BCUT2D eigenvalue weighted by atomic mass is 10.0. The number of carbonyl (C=O) groups excluding carboxylic acids is 1. The summed E-state index contributed by atoms with van der Waals surface area (Å²) in [7, 11) is -3.44. The van der Waals surface area contributed by atoms with Gasteiger partial charge in [-0.25, -0.2) is 8.42 Å².